The van der Waals surface area contributed by atoms with Gasteiger partial charge in [0, 0.05) is 16.7 Å². The Kier molecular flexibility index (Phi) is 5.31. The minimum absolute atomic E-state index is 0.165. The normalized spacial score (nSPS) is 14.1. The molecular formula is C23H15Cl2FO3. The molecule has 0 N–H and O–H groups in total. The van der Waals surface area contributed by atoms with Crippen LogP contribution in [0.4, 0.5) is 4.39 Å². The fourth-order valence-electron chi connectivity index (χ4n) is 3.07. The maximum atomic E-state index is 13.2. The highest BCUT2D eigenvalue weighted by Gasteiger charge is 2.30. The first-order valence-corrected chi connectivity index (χ1v) is 9.57. The molecule has 0 saturated carbocycles. The molecule has 0 amide bonds. The lowest BCUT2D eigenvalue weighted by Gasteiger charge is -2.10. The average Bonchev–Trinajstić information content (AvgIpc) is 2.99. The van der Waals surface area contributed by atoms with Crippen LogP contribution in [-0.2, 0) is 6.61 Å². The number of ketones is 1. The maximum Gasteiger partial charge on any atom is 0.232 e. The fraction of sp³-hybridized carbons (Fsp3) is 0.0870. The van der Waals surface area contributed by atoms with E-state index in [1.54, 1.807) is 36.4 Å². The molecule has 0 spiro atoms. The van der Waals surface area contributed by atoms with Crippen LogP contribution in [0.1, 0.15) is 27.0 Å². The summed E-state index contributed by atoms with van der Waals surface area (Å²) in [5, 5.41) is 0.912. The zero-order valence-corrected chi connectivity index (χ0v) is 16.9. The summed E-state index contributed by atoms with van der Waals surface area (Å²) in [6, 6.07) is 14.7. The Labute approximate surface area is 177 Å². The van der Waals surface area contributed by atoms with Gasteiger partial charge in [0.05, 0.1) is 10.6 Å². The van der Waals surface area contributed by atoms with Crippen molar-refractivity contribution < 1.29 is 18.7 Å². The van der Waals surface area contributed by atoms with E-state index in [0.29, 0.717) is 32.7 Å². The Bertz CT molecular complexity index is 1140. The van der Waals surface area contributed by atoms with Crippen LogP contribution >= 0.6 is 23.2 Å². The average molecular weight is 429 g/mol. The van der Waals surface area contributed by atoms with Gasteiger partial charge in [0.15, 0.2) is 5.76 Å². The molecular weight excluding hydrogens is 414 g/mol. The molecule has 3 nitrogen and oxygen atoms in total. The number of allylic oxidation sites excluding steroid dienone is 1. The number of carbonyl (C=O) groups excluding carboxylic acids is 1. The van der Waals surface area contributed by atoms with Gasteiger partial charge in [-0.1, -0.05) is 41.4 Å². The summed E-state index contributed by atoms with van der Waals surface area (Å²) in [7, 11) is 0. The van der Waals surface area contributed by atoms with Gasteiger partial charge in [-0.3, -0.25) is 4.79 Å². The van der Waals surface area contributed by atoms with E-state index in [1.165, 1.54) is 12.1 Å². The largest absolute Gasteiger partial charge is 0.489 e. The van der Waals surface area contributed by atoms with Gasteiger partial charge in [-0.2, -0.15) is 0 Å². The van der Waals surface area contributed by atoms with Crippen molar-refractivity contribution in [2.75, 3.05) is 0 Å². The molecule has 146 valence electrons. The van der Waals surface area contributed by atoms with E-state index in [4.69, 9.17) is 32.7 Å². The summed E-state index contributed by atoms with van der Waals surface area (Å²) in [6.45, 7) is 1.99. The number of fused-ring (bicyclic) bond motifs is 1. The van der Waals surface area contributed by atoms with Gasteiger partial charge in [-0.25, -0.2) is 4.39 Å². The smallest absolute Gasteiger partial charge is 0.232 e. The molecule has 3 aromatic carbocycles. The van der Waals surface area contributed by atoms with Crippen molar-refractivity contribution in [3.63, 3.8) is 0 Å². The van der Waals surface area contributed by atoms with E-state index in [2.05, 4.69) is 0 Å². The summed E-state index contributed by atoms with van der Waals surface area (Å²) >= 11 is 11.9. The highest BCUT2D eigenvalue weighted by molar-refractivity contribution is 6.31. The fourth-order valence-corrected chi connectivity index (χ4v) is 3.42. The third-order valence-corrected chi connectivity index (χ3v) is 5.12. The number of Topliss-reactive ketones (excluding diaryl/α,β-unsaturated/α-hetero) is 1. The van der Waals surface area contributed by atoms with Crippen LogP contribution in [0.2, 0.25) is 10.0 Å². The molecule has 6 heteroatoms. The second-order valence-corrected chi connectivity index (χ2v) is 7.47. The van der Waals surface area contributed by atoms with Crippen molar-refractivity contribution in [2.45, 2.75) is 13.5 Å². The van der Waals surface area contributed by atoms with Gasteiger partial charge in [0.1, 0.15) is 23.9 Å². The molecule has 0 aromatic heterocycles. The number of benzene rings is 3. The number of hydrogen-bond acceptors (Lipinski definition) is 3. The number of rotatable bonds is 4. The molecule has 0 radical (unpaired) electrons. The minimum Gasteiger partial charge on any atom is -0.489 e. The summed E-state index contributed by atoms with van der Waals surface area (Å²) in [4.78, 5) is 12.7. The van der Waals surface area contributed by atoms with Crippen molar-refractivity contribution in [2.24, 2.45) is 0 Å². The first-order valence-electron chi connectivity index (χ1n) is 8.82. The number of carbonyl (C=O) groups is 1. The Morgan fingerprint density at radius 3 is 2.55 bits per heavy atom. The Hall–Kier alpha value is -2.82. The van der Waals surface area contributed by atoms with Crippen LogP contribution in [0.3, 0.4) is 0 Å². The number of halogens is 3. The molecule has 0 unspecified atom stereocenters. The van der Waals surface area contributed by atoms with Crippen LogP contribution in [-0.4, -0.2) is 5.78 Å². The van der Waals surface area contributed by atoms with Crippen LogP contribution in [0.5, 0.6) is 11.5 Å². The van der Waals surface area contributed by atoms with Crippen molar-refractivity contribution in [1.82, 2.24) is 0 Å². The Morgan fingerprint density at radius 1 is 1.07 bits per heavy atom. The van der Waals surface area contributed by atoms with Crippen LogP contribution < -0.4 is 9.47 Å². The van der Waals surface area contributed by atoms with Crippen molar-refractivity contribution in [3.8, 4) is 11.5 Å². The van der Waals surface area contributed by atoms with E-state index in [0.717, 1.165) is 11.1 Å². The second-order valence-electron chi connectivity index (χ2n) is 6.63. The van der Waals surface area contributed by atoms with Crippen molar-refractivity contribution >= 4 is 35.1 Å². The number of aryl methyl sites for hydroxylation is 1. The van der Waals surface area contributed by atoms with Crippen molar-refractivity contribution in [1.29, 1.82) is 0 Å². The third kappa shape index (κ3) is 4.14. The van der Waals surface area contributed by atoms with E-state index in [1.807, 2.05) is 19.1 Å². The second kappa shape index (κ2) is 7.90. The lowest BCUT2D eigenvalue weighted by atomic mass is 10.0. The minimum atomic E-state index is -0.404. The van der Waals surface area contributed by atoms with Crippen LogP contribution in [0.15, 0.2) is 60.4 Å². The van der Waals surface area contributed by atoms with Gasteiger partial charge in [0.2, 0.25) is 5.78 Å². The number of ether oxygens (including phenoxy) is 2. The van der Waals surface area contributed by atoms with Gasteiger partial charge in [-0.05, 0) is 54.5 Å². The van der Waals surface area contributed by atoms with Crippen LogP contribution in [0.25, 0.3) is 6.08 Å². The van der Waals surface area contributed by atoms with Gasteiger partial charge < -0.3 is 9.47 Å². The molecule has 0 aliphatic carbocycles. The molecule has 29 heavy (non-hydrogen) atoms. The highest BCUT2D eigenvalue weighted by Crippen LogP contribution is 2.38. The highest BCUT2D eigenvalue weighted by atomic mass is 35.5. The lowest BCUT2D eigenvalue weighted by Crippen LogP contribution is -2.00. The summed E-state index contributed by atoms with van der Waals surface area (Å²) in [5.41, 5.74) is 2.72. The predicted octanol–water partition coefficient (Wildman–Crippen LogP) is 6.64. The quantitative estimate of drug-likeness (QED) is 0.437. The number of hydrogen-bond donors (Lipinski definition) is 0. The van der Waals surface area contributed by atoms with Crippen LogP contribution in [0, 0.1) is 12.7 Å². The monoisotopic (exact) mass is 428 g/mol. The van der Waals surface area contributed by atoms with Gasteiger partial charge in [-0.15, -0.1) is 0 Å². The molecule has 0 bridgehead atoms. The van der Waals surface area contributed by atoms with E-state index < -0.39 is 5.82 Å². The first kappa shape index (κ1) is 19.5. The molecule has 0 saturated heterocycles. The molecule has 0 fully saturated rings. The zero-order chi connectivity index (χ0) is 20.5. The standard InChI is InChI=1S/C23H15Cl2FO3/c1-13-8-18(28-12-15-4-7-17(26)10-19(15)25)11-20-22(13)23(27)21(29-20)9-14-2-5-16(24)6-3-14/h2-11H,12H2,1H3/b21-9-. The van der Waals surface area contributed by atoms with Gasteiger partial charge in [0.25, 0.3) is 0 Å². The molecule has 3 aromatic rings. The molecule has 1 aliphatic rings. The van der Waals surface area contributed by atoms with E-state index >= 15 is 0 Å². The predicted molar refractivity (Wildman–Crippen MR) is 111 cm³/mol. The summed E-state index contributed by atoms with van der Waals surface area (Å²) in [6.07, 6.45) is 1.68. The molecule has 1 heterocycles. The van der Waals surface area contributed by atoms with E-state index in [-0.39, 0.29) is 18.1 Å². The van der Waals surface area contributed by atoms with Crippen molar-refractivity contribution in [3.05, 3.63) is 98.5 Å². The molecule has 4 rings (SSSR count). The molecule has 1 aliphatic heterocycles. The maximum absolute atomic E-state index is 13.2. The lowest BCUT2D eigenvalue weighted by molar-refractivity contribution is 0.101. The SMILES string of the molecule is Cc1cc(OCc2ccc(F)cc2Cl)cc2c1C(=O)/C(=C/c1ccc(Cl)cc1)O2. The Morgan fingerprint density at radius 2 is 1.83 bits per heavy atom. The summed E-state index contributed by atoms with van der Waals surface area (Å²) in [5.74, 6) is 0.626. The van der Waals surface area contributed by atoms with E-state index in [9.17, 15) is 9.18 Å². The zero-order valence-electron chi connectivity index (χ0n) is 15.3. The first-order chi connectivity index (χ1) is 13.9. The third-order valence-electron chi connectivity index (χ3n) is 4.52. The Balaban J connectivity index is 1.56. The topological polar surface area (TPSA) is 35.5 Å². The molecule has 0 atom stereocenters. The summed E-state index contributed by atoms with van der Waals surface area (Å²) < 4.78 is 24.8. The van der Waals surface area contributed by atoms with Gasteiger partial charge >= 0.3 is 0 Å².